The van der Waals surface area contributed by atoms with Crippen molar-refractivity contribution >= 4 is 17.9 Å². The van der Waals surface area contributed by atoms with Crippen LogP contribution in [0.5, 0.6) is 0 Å². The maximum absolute atomic E-state index is 12.8. The largest absolute Gasteiger partial charge is 0.544 e. The number of hydrogen-bond donors (Lipinski definition) is 0. The Labute approximate surface area is 359 Å². The van der Waals surface area contributed by atoms with Crippen LogP contribution in [0.1, 0.15) is 239 Å². The van der Waals surface area contributed by atoms with Crippen LogP contribution < -0.4 is 5.11 Å². The van der Waals surface area contributed by atoms with Crippen LogP contribution in [-0.2, 0) is 28.6 Å². The zero-order valence-electron chi connectivity index (χ0n) is 39.0. The van der Waals surface area contributed by atoms with E-state index >= 15 is 0 Å². The average Bonchev–Trinajstić information content (AvgIpc) is 3.18. The number of carboxylic acid groups (broad SMARTS) is 1. The number of likely N-dealkylation sites (N-methyl/N-ethyl adjacent to an activating group) is 1. The van der Waals surface area contributed by atoms with Crippen molar-refractivity contribution in [3.8, 4) is 0 Å². The van der Waals surface area contributed by atoms with Crippen molar-refractivity contribution in [1.29, 1.82) is 0 Å². The van der Waals surface area contributed by atoms with Crippen molar-refractivity contribution in [1.82, 2.24) is 0 Å². The van der Waals surface area contributed by atoms with E-state index in [4.69, 9.17) is 14.2 Å². The Kier molecular flexibility index (Phi) is 40.4. The van der Waals surface area contributed by atoms with E-state index in [2.05, 4.69) is 26.0 Å². The molecule has 8 heteroatoms. The highest BCUT2D eigenvalue weighted by Crippen LogP contribution is 2.16. The zero-order valence-corrected chi connectivity index (χ0v) is 39.0. The van der Waals surface area contributed by atoms with Crippen molar-refractivity contribution in [2.24, 2.45) is 0 Å². The van der Waals surface area contributed by atoms with Gasteiger partial charge in [-0.1, -0.05) is 193 Å². The number of ether oxygens (including phenoxy) is 3. The summed E-state index contributed by atoms with van der Waals surface area (Å²) >= 11 is 0. The zero-order chi connectivity index (χ0) is 42.8. The molecule has 0 N–H and O–H groups in total. The molecule has 0 fully saturated rings. The van der Waals surface area contributed by atoms with Crippen LogP contribution in [-0.4, -0.2) is 75.5 Å². The number of carboxylic acids is 1. The van der Waals surface area contributed by atoms with Crippen LogP contribution in [0.3, 0.4) is 0 Å². The SMILES string of the molecule is CCCCCCCCCCC/C=C/CCCCCCCC(=O)OC(COCCC(C(=O)[O-])[N+](C)(C)C)COC(=O)CCCCCCCCCCCCCCCCCC. The highest BCUT2D eigenvalue weighted by Gasteiger charge is 2.25. The first kappa shape index (κ1) is 56.1. The molecule has 2 atom stereocenters. The van der Waals surface area contributed by atoms with Crippen LogP contribution in [0, 0.1) is 0 Å². The lowest BCUT2D eigenvalue weighted by Crippen LogP contribution is -2.55. The van der Waals surface area contributed by atoms with E-state index < -0.39 is 18.1 Å². The van der Waals surface area contributed by atoms with Gasteiger partial charge in [0.25, 0.3) is 0 Å². The molecule has 0 saturated heterocycles. The second kappa shape index (κ2) is 41.8. The molecule has 8 nitrogen and oxygen atoms in total. The number of unbranched alkanes of at least 4 members (excludes halogenated alkanes) is 29. The van der Waals surface area contributed by atoms with Gasteiger partial charge in [-0.15, -0.1) is 0 Å². The fourth-order valence-corrected chi connectivity index (χ4v) is 7.54. The number of esters is 2. The first-order valence-electron chi connectivity index (χ1n) is 24.7. The van der Waals surface area contributed by atoms with Crippen LogP contribution in [0.25, 0.3) is 0 Å². The minimum atomic E-state index is -1.12. The maximum Gasteiger partial charge on any atom is 0.306 e. The molecule has 0 rings (SSSR count). The van der Waals surface area contributed by atoms with Gasteiger partial charge in [-0.25, -0.2) is 0 Å². The molecule has 2 unspecified atom stereocenters. The normalized spacial score (nSPS) is 12.9. The van der Waals surface area contributed by atoms with Crippen LogP contribution >= 0.6 is 0 Å². The third kappa shape index (κ3) is 39.5. The summed E-state index contributed by atoms with van der Waals surface area (Å²) in [4.78, 5) is 37.0. The summed E-state index contributed by atoms with van der Waals surface area (Å²) in [6.07, 6.45) is 45.2. The molecule has 0 radical (unpaired) electrons. The summed E-state index contributed by atoms with van der Waals surface area (Å²) in [6, 6.07) is -0.723. The molecule has 0 bridgehead atoms. The maximum atomic E-state index is 12.8. The molecule has 342 valence electrons. The van der Waals surface area contributed by atoms with Crippen molar-refractivity contribution < 1.29 is 38.2 Å². The Morgan fingerprint density at radius 3 is 1.24 bits per heavy atom. The van der Waals surface area contributed by atoms with Crippen molar-refractivity contribution in [2.75, 3.05) is 41.0 Å². The first-order valence-corrected chi connectivity index (χ1v) is 24.7. The van der Waals surface area contributed by atoms with Crippen LogP contribution in [0.15, 0.2) is 12.2 Å². The molecule has 0 saturated carbocycles. The van der Waals surface area contributed by atoms with Gasteiger partial charge >= 0.3 is 11.9 Å². The summed E-state index contributed by atoms with van der Waals surface area (Å²) < 4.78 is 17.2. The predicted octanol–water partition coefficient (Wildman–Crippen LogP) is 12.5. The van der Waals surface area contributed by atoms with E-state index in [1.165, 1.54) is 154 Å². The summed E-state index contributed by atoms with van der Waals surface area (Å²) in [6.45, 7) is 4.69. The highest BCUT2D eigenvalue weighted by atomic mass is 16.6. The third-order valence-electron chi connectivity index (χ3n) is 11.4. The van der Waals surface area contributed by atoms with E-state index in [-0.39, 0.29) is 42.7 Å². The first-order chi connectivity index (χ1) is 28.1. The van der Waals surface area contributed by atoms with Crippen molar-refractivity contribution in [2.45, 2.75) is 251 Å². The second-order valence-electron chi connectivity index (χ2n) is 18.1. The van der Waals surface area contributed by atoms with Gasteiger partial charge in [-0.2, -0.15) is 0 Å². The van der Waals surface area contributed by atoms with Crippen molar-refractivity contribution in [3.63, 3.8) is 0 Å². The van der Waals surface area contributed by atoms with E-state index in [0.717, 1.165) is 51.4 Å². The number of rotatable bonds is 45. The molecule has 0 aromatic rings. The molecule has 0 aliphatic heterocycles. The Bertz CT molecular complexity index is 962. The number of aliphatic carboxylic acids is 1. The van der Waals surface area contributed by atoms with Gasteiger partial charge < -0.3 is 28.6 Å². The Morgan fingerprint density at radius 2 is 0.862 bits per heavy atom. The van der Waals surface area contributed by atoms with E-state index in [1.54, 1.807) is 21.1 Å². The minimum Gasteiger partial charge on any atom is -0.544 e. The molecule has 58 heavy (non-hydrogen) atoms. The fraction of sp³-hybridized carbons (Fsp3) is 0.900. The number of carbonyl (C=O) groups is 3. The standard InChI is InChI=1S/C50H95NO7/c1-6-8-10-12-14-16-18-20-22-24-25-27-29-31-33-35-37-39-41-49(53)58-46(44-56-43-42-47(50(54)55)51(3,4)5)45-57-48(52)40-38-36-34-32-30-28-26-23-21-19-17-15-13-11-9-7-2/h25,27,46-47H,6-24,26,28-45H2,1-5H3/b27-25+. The monoisotopic (exact) mass is 822 g/mol. The fourth-order valence-electron chi connectivity index (χ4n) is 7.54. The third-order valence-corrected chi connectivity index (χ3v) is 11.4. The molecule has 0 amide bonds. The lowest BCUT2D eigenvalue weighted by atomic mass is 10.0. The van der Waals surface area contributed by atoms with Crippen molar-refractivity contribution in [3.05, 3.63) is 12.2 Å². The molecule has 0 aliphatic carbocycles. The Morgan fingerprint density at radius 1 is 0.500 bits per heavy atom. The summed E-state index contributed by atoms with van der Waals surface area (Å²) in [5.41, 5.74) is 0. The average molecular weight is 822 g/mol. The summed E-state index contributed by atoms with van der Waals surface area (Å²) in [5, 5.41) is 11.6. The number of quaternary nitrogens is 1. The van der Waals surface area contributed by atoms with Gasteiger partial charge in [-0.3, -0.25) is 9.59 Å². The number of allylic oxidation sites excluding steroid dienone is 2. The number of carbonyl (C=O) groups excluding carboxylic acids is 3. The van der Waals surface area contributed by atoms with Gasteiger partial charge in [0.15, 0.2) is 6.10 Å². The smallest absolute Gasteiger partial charge is 0.306 e. The molecular weight excluding hydrogens is 727 g/mol. The van der Waals surface area contributed by atoms with Gasteiger partial charge in [0.1, 0.15) is 12.6 Å². The van der Waals surface area contributed by atoms with E-state index in [9.17, 15) is 19.5 Å². The topological polar surface area (TPSA) is 102 Å². The van der Waals surface area contributed by atoms with E-state index in [1.807, 2.05) is 0 Å². The number of hydrogen-bond acceptors (Lipinski definition) is 7. The molecular formula is C50H95NO7. The Balaban J connectivity index is 4.26. The Hall–Kier alpha value is -1.93. The van der Waals surface area contributed by atoms with E-state index in [0.29, 0.717) is 12.8 Å². The molecule has 0 spiro atoms. The predicted molar refractivity (Wildman–Crippen MR) is 241 cm³/mol. The lowest BCUT2D eigenvalue weighted by Gasteiger charge is -2.34. The quantitative estimate of drug-likeness (QED) is 0.0261. The molecule has 0 heterocycles. The van der Waals surface area contributed by atoms with Gasteiger partial charge in [0.2, 0.25) is 0 Å². The van der Waals surface area contributed by atoms with Gasteiger partial charge in [0, 0.05) is 19.3 Å². The van der Waals surface area contributed by atoms with Crippen LogP contribution in [0.4, 0.5) is 0 Å². The summed E-state index contributed by atoms with van der Waals surface area (Å²) in [5.74, 6) is -1.73. The molecule has 0 aliphatic rings. The van der Waals surface area contributed by atoms with Gasteiger partial charge in [0.05, 0.1) is 40.3 Å². The second-order valence-corrected chi connectivity index (χ2v) is 18.1. The number of nitrogens with zero attached hydrogens (tertiary/aromatic N) is 1. The lowest BCUT2D eigenvalue weighted by molar-refractivity contribution is -0.889. The molecule has 0 aromatic heterocycles. The van der Waals surface area contributed by atoms with Crippen LogP contribution in [0.2, 0.25) is 0 Å². The highest BCUT2D eigenvalue weighted by molar-refractivity contribution is 5.70. The summed E-state index contributed by atoms with van der Waals surface area (Å²) in [7, 11) is 5.42. The molecule has 0 aromatic carbocycles. The van der Waals surface area contributed by atoms with Gasteiger partial charge in [-0.05, 0) is 38.5 Å². The minimum absolute atomic E-state index is 0.0433.